The molecule has 1 aliphatic rings. The van der Waals surface area contributed by atoms with E-state index in [2.05, 4.69) is 72.0 Å². The van der Waals surface area contributed by atoms with E-state index in [4.69, 9.17) is 4.85 Å². The highest BCUT2D eigenvalue weighted by Crippen LogP contribution is 2.59. The van der Waals surface area contributed by atoms with Crippen LogP contribution in [0, 0.1) is 11.3 Å². The summed E-state index contributed by atoms with van der Waals surface area (Å²) >= 11 is 1.63. The molecule has 0 bridgehead atoms. The second-order valence-electron chi connectivity index (χ2n) is 7.24. The van der Waals surface area contributed by atoms with E-state index in [9.17, 15) is 5.26 Å². The van der Waals surface area contributed by atoms with Gasteiger partial charge in [-0.3, -0.25) is 0 Å². The molecule has 1 aliphatic carbocycles. The van der Waals surface area contributed by atoms with Crippen LogP contribution in [-0.4, -0.2) is 53.3 Å². The zero-order chi connectivity index (χ0) is 22.1. The van der Waals surface area contributed by atoms with Crippen molar-refractivity contribution in [1.29, 1.82) is 5.26 Å². The van der Waals surface area contributed by atoms with E-state index in [0.29, 0.717) is 5.56 Å². The highest BCUT2D eigenvalue weighted by Gasteiger charge is 2.37. The fourth-order valence-corrected chi connectivity index (χ4v) is 9.36. The van der Waals surface area contributed by atoms with Crippen LogP contribution in [0.2, 0.25) is 0 Å². The van der Waals surface area contributed by atoms with Crippen LogP contribution in [0.3, 0.4) is 0 Å². The van der Waals surface area contributed by atoms with E-state index in [1.54, 1.807) is 11.3 Å². The van der Waals surface area contributed by atoms with Crippen molar-refractivity contribution < 1.29 is 0 Å². The topological polar surface area (TPSA) is 70.6 Å². The van der Waals surface area contributed by atoms with E-state index >= 15 is 0 Å². The first kappa shape index (κ1) is 25.2. The Morgan fingerprint density at radius 1 is 0.867 bits per heavy atom. The van der Waals surface area contributed by atoms with Gasteiger partial charge in [-0.1, -0.05) is 41.5 Å². The minimum atomic E-state index is -2.21. The molecule has 0 radical (unpaired) electrons. The van der Waals surface area contributed by atoms with Gasteiger partial charge < -0.3 is 0 Å². The van der Waals surface area contributed by atoms with E-state index < -0.39 is 7.51 Å². The molecule has 1 aromatic heterocycles. The Labute approximate surface area is 187 Å². The molecule has 0 aromatic carbocycles. The average molecular weight is 452 g/mol. The molecule has 9 heteroatoms. The molecule has 0 saturated heterocycles. The maximum atomic E-state index is 9.72. The maximum absolute atomic E-state index is 9.72. The first-order valence-electron chi connectivity index (χ1n) is 11.4. The van der Waals surface area contributed by atoms with E-state index in [1.807, 2.05) is 0 Å². The molecule has 0 unspecified atom stereocenters. The molecule has 0 saturated carbocycles. The van der Waals surface area contributed by atoms with Crippen molar-refractivity contribution in [3.05, 3.63) is 16.0 Å². The lowest BCUT2D eigenvalue weighted by molar-refractivity contribution is 0.338. The smallest absolute Gasteiger partial charge is 0.195 e. The largest absolute Gasteiger partial charge is 0.245 e. The van der Waals surface area contributed by atoms with Crippen LogP contribution >= 0.6 is 18.8 Å². The van der Waals surface area contributed by atoms with Crippen molar-refractivity contribution in [3.8, 4) is 6.07 Å². The second-order valence-corrected chi connectivity index (χ2v) is 11.3. The van der Waals surface area contributed by atoms with Gasteiger partial charge in [-0.2, -0.15) is 5.26 Å². The summed E-state index contributed by atoms with van der Waals surface area (Å²) in [4.78, 5) is 6.31. The Bertz CT molecular complexity index is 761. The minimum absolute atomic E-state index is 0.714. The van der Waals surface area contributed by atoms with Crippen molar-refractivity contribution in [1.82, 2.24) is 14.0 Å². The van der Waals surface area contributed by atoms with Crippen LogP contribution in [0.5, 0.6) is 0 Å². The van der Waals surface area contributed by atoms with Crippen LogP contribution in [0.1, 0.15) is 70.4 Å². The summed E-state index contributed by atoms with van der Waals surface area (Å²) in [7, 11) is -2.21. The van der Waals surface area contributed by atoms with Gasteiger partial charge in [0.05, 0.1) is 5.56 Å². The maximum Gasteiger partial charge on any atom is 0.195 e. The minimum Gasteiger partial charge on any atom is -0.245 e. The summed E-state index contributed by atoms with van der Waals surface area (Å²) in [5.41, 5.74) is 1.91. The van der Waals surface area contributed by atoms with Crippen molar-refractivity contribution in [2.24, 2.45) is 15.2 Å². The van der Waals surface area contributed by atoms with Gasteiger partial charge in [0.25, 0.3) is 0 Å². The number of nitriles is 1. The molecule has 7 nitrogen and oxygen atoms in total. The Kier molecular flexibility index (Phi) is 10.1. The number of nitrogens with zero attached hydrogens (tertiary/aromatic N) is 7. The first-order chi connectivity index (χ1) is 14.6. The summed E-state index contributed by atoms with van der Waals surface area (Å²) in [5.74, 6) is 0. The summed E-state index contributed by atoms with van der Waals surface area (Å²) in [6.07, 6.45) is 4.38. The molecule has 0 amide bonds. The summed E-state index contributed by atoms with van der Waals surface area (Å²) in [6.45, 7) is 18.6. The predicted octanol–water partition coefficient (Wildman–Crippen LogP) is 6.47. The summed E-state index contributed by atoms with van der Waals surface area (Å²) in [5, 5.41) is 19.4. The van der Waals surface area contributed by atoms with Gasteiger partial charge in [-0.15, -0.1) is 21.3 Å². The van der Waals surface area contributed by atoms with Crippen LogP contribution in [0.25, 0.3) is 0 Å². The third kappa shape index (κ3) is 4.87. The number of hydrogen-bond donors (Lipinski definition) is 0. The molecule has 168 valence electrons. The molecule has 0 spiro atoms. The third-order valence-corrected chi connectivity index (χ3v) is 11.4. The van der Waals surface area contributed by atoms with Gasteiger partial charge in [0.15, 0.2) is 12.5 Å². The number of hydrogen-bond acceptors (Lipinski definition) is 3. The summed E-state index contributed by atoms with van der Waals surface area (Å²) in [6, 6.07) is 2.38. The number of fused-ring (bicyclic) bond motifs is 1. The standard InChI is InChI=1S/C21H38N7PS/c1-7-26(8-2)29(27(9-3)10-4,28(11-5)12-6)25-24-23-21-19(17-22)18-15-13-14-16-20(18)30-21/h7-16H2,1-6H3. The van der Waals surface area contributed by atoms with Crippen LogP contribution < -0.4 is 0 Å². The van der Waals surface area contributed by atoms with Crippen molar-refractivity contribution in [2.45, 2.75) is 67.2 Å². The first-order valence-corrected chi connectivity index (χ1v) is 13.8. The van der Waals surface area contributed by atoms with Crippen molar-refractivity contribution >= 4 is 23.8 Å². The van der Waals surface area contributed by atoms with Crippen LogP contribution in [0.15, 0.2) is 15.2 Å². The Balaban J connectivity index is 2.61. The fourth-order valence-electron chi connectivity index (χ4n) is 4.37. The van der Waals surface area contributed by atoms with Gasteiger partial charge in [0, 0.05) is 44.1 Å². The van der Waals surface area contributed by atoms with E-state index in [1.165, 1.54) is 16.9 Å². The van der Waals surface area contributed by atoms with Gasteiger partial charge in [-0.05, 0) is 36.5 Å². The molecule has 2 rings (SSSR count). The van der Waals surface area contributed by atoms with Gasteiger partial charge in [0.1, 0.15) is 6.07 Å². The average Bonchev–Trinajstić information content (AvgIpc) is 3.13. The molecular formula is C21H38N7PS. The van der Waals surface area contributed by atoms with Crippen molar-refractivity contribution in [3.63, 3.8) is 0 Å². The fraction of sp³-hybridized carbons (Fsp3) is 0.762. The highest BCUT2D eigenvalue weighted by molar-refractivity contribution is 7.59. The normalized spacial score (nSPS) is 14.7. The molecule has 0 atom stereocenters. The molecular weight excluding hydrogens is 413 g/mol. The second kappa shape index (κ2) is 12.1. The van der Waals surface area contributed by atoms with Gasteiger partial charge >= 0.3 is 0 Å². The van der Waals surface area contributed by atoms with E-state index in [0.717, 1.165) is 63.5 Å². The lowest BCUT2D eigenvalue weighted by atomic mass is 9.96. The zero-order valence-electron chi connectivity index (χ0n) is 19.6. The predicted molar refractivity (Wildman–Crippen MR) is 128 cm³/mol. The molecule has 30 heavy (non-hydrogen) atoms. The van der Waals surface area contributed by atoms with Crippen LogP contribution in [0.4, 0.5) is 5.00 Å². The monoisotopic (exact) mass is 451 g/mol. The van der Waals surface area contributed by atoms with E-state index in [-0.39, 0.29) is 0 Å². The highest BCUT2D eigenvalue weighted by atomic mass is 32.1. The quantitative estimate of drug-likeness (QED) is 0.220. The lowest BCUT2D eigenvalue weighted by Gasteiger charge is -2.47. The Morgan fingerprint density at radius 3 is 1.83 bits per heavy atom. The molecule has 1 aromatic rings. The molecule has 1 heterocycles. The summed E-state index contributed by atoms with van der Waals surface area (Å²) < 4.78 is 7.37. The Hall–Kier alpha value is -1.10. The number of thiophene rings is 1. The third-order valence-electron chi connectivity index (χ3n) is 5.89. The molecule has 0 N–H and O–H groups in total. The lowest BCUT2D eigenvalue weighted by Crippen LogP contribution is -2.41. The van der Waals surface area contributed by atoms with Crippen LogP contribution in [-0.2, 0) is 12.8 Å². The van der Waals surface area contributed by atoms with Crippen molar-refractivity contribution in [2.75, 3.05) is 39.3 Å². The van der Waals surface area contributed by atoms with Gasteiger partial charge in [-0.25, -0.2) is 14.0 Å². The number of aryl methyl sites for hydroxylation is 1. The molecule has 0 fully saturated rings. The SMILES string of the molecule is CCN(CC)P(=NN=Nc1sc2c(c1C#N)CCCC2)(N(CC)CC)N(CC)CC. The number of rotatable bonds is 11. The van der Waals surface area contributed by atoms with Gasteiger partial charge in [0.2, 0.25) is 0 Å². The Morgan fingerprint density at radius 2 is 1.37 bits per heavy atom. The zero-order valence-corrected chi connectivity index (χ0v) is 21.3. The molecule has 0 aliphatic heterocycles.